The van der Waals surface area contributed by atoms with Gasteiger partial charge in [0.2, 0.25) is 5.91 Å². The van der Waals surface area contributed by atoms with Crippen molar-refractivity contribution < 1.29 is 14.3 Å². The van der Waals surface area contributed by atoms with Gasteiger partial charge in [-0.15, -0.1) is 0 Å². The SMILES string of the molecule is COc1ccc(NC(=O)CC2(c3ccc(C)cc3)C(=O)NC(=S)N2CCc2ccccc2)cc1. The molecule has 0 saturated carbocycles. The molecule has 1 aliphatic rings. The third-order valence-corrected chi connectivity index (χ3v) is 6.41. The number of carbonyl (C=O) groups excluding carboxylic acids is 2. The first-order valence-electron chi connectivity index (χ1n) is 11.1. The van der Waals surface area contributed by atoms with Crippen LogP contribution in [-0.4, -0.2) is 35.5 Å². The number of hydrogen-bond acceptors (Lipinski definition) is 4. The Labute approximate surface area is 204 Å². The molecule has 2 amide bonds. The van der Waals surface area contributed by atoms with E-state index in [4.69, 9.17) is 17.0 Å². The number of anilines is 1. The van der Waals surface area contributed by atoms with Gasteiger partial charge in [0.15, 0.2) is 10.7 Å². The molecule has 0 aliphatic carbocycles. The standard InChI is InChI=1S/C27H27N3O3S/c1-19-8-10-21(11-9-19)27(18-24(31)28-22-12-14-23(33-2)15-13-22)25(32)29-26(34)30(27)17-16-20-6-4-3-5-7-20/h3-15H,16-18H2,1-2H3,(H,28,31)(H,29,32,34). The van der Waals surface area contributed by atoms with E-state index in [9.17, 15) is 9.59 Å². The van der Waals surface area contributed by atoms with Crippen LogP contribution in [-0.2, 0) is 21.5 Å². The molecule has 3 aromatic carbocycles. The highest BCUT2D eigenvalue weighted by atomic mass is 32.1. The van der Waals surface area contributed by atoms with E-state index in [2.05, 4.69) is 10.6 Å². The summed E-state index contributed by atoms with van der Waals surface area (Å²) in [6.07, 6.45) is 0.604. The average molecular weight is 474 g/mol. The Hall–Kier alpha value is -3.71. The van der Waals surface area contributed by atoms with Crippen LogP contribution >= 0.6 is 12.2 Å². The van der Waals surface area contributed by atoms with Gasteiger partial charge in [0.05, 0.1) is 13.5 Å². The molecule has 1 fully saturated rings. The first-order valence-corrected chi connectivity index (χ1v) is 11.5. The van der Waals surface area contributed by atoms with E-state index in [-0.39, 0.29) is 18.2 Å². The molecule has 0 bridgehead atoms. The maximum atomic E-state index is 13.4. The normalized spacial score (nSPS) is 17.4. The summed E-state index contributed by atoms with van der Waals surface area (Å²) in [5.74, 6) is 0.122. The van der Waals surface area contributed by atoms with Crippen molar-refractivity contribution in [2.24, 2.45) is 0 Å². The van der Waals surface area contributed by atoms with Gasteiger partial charge in [0.1, 0.15) is 5.75 Å². The lowest BCUT2D eigenvalue weighted by atomic mass is 9.84. The highest BCUT2D eigenvalue weighted by Gasteiger charge is 2.53. The molecule has 6 nitrogen and oxygen atoms in total. The second-order valence-electron chi connectivity index (χ2n) is 8.33. The molecule has 1 saturated heterocycles. The summed E-state index contributed by atoms with van der Waals surface area (Å²) < 4.78 is 5.18. The van der Waals surface area contributed by atoms with Crippen LogP contribution in [0.3, 0.4) is 0 Å². The molecule has 3 aromatic rings. The topological polar surface area (TPSA) is 70.7 Å². The Morgan fingerprint density at radius 3 is 2.35 bits per heavy atom. The van der Waals surface area contributed by atoms with Gasteiger partial charge < -0.3 is 20.3 Å². The van der Waals surface area contributed by atoms with Crippen molar-refractivity contribution in [2.45, 2.75) is 25.3 Å². The zero-order valence-corrected chi connectivity index (χ0v) is 20.0. The van der Waals surface area contributed by atoms with E-state index in [1.165, 1.54) is 0 Å². The number of rotatable bonds is 8. The van der Waals surface area contributed by atoms with E-state index in [1.54, 1.807) is 31.4 Å². The molecule has 4 rings (SSSR count). The Balaban J connectivity index is 1.65. The maximum Gasteiger partial charge on any atom is 0.257 e. The summed E-state index contributed by atoms with van der Waals surface area (Å²) in [6, 6.07) is 24.8. The minimum atomic E-state index is -1.24. The van der Waals surface area contributed by atoms with E-state index >= 15 is 0 Å². The number of carbonyl (C=O) groups is 2. The van der Waals surface area contributed by atoms with Crippen molar-refractivity contribution in [1.82, 2.24) is 10.2 Å². The summed E-state index contributed by atoms with van der Waals surface area (Å²) in [5, 5.41) is 6.06. The van der Waals surface area contributed by atoms with Crippen LogP contribution in [0.25, 0.3) is 0 Å². The Morgan fingerprint density at radius 1 is 1.03 bits per heavy atom. The molecule has 1 heterocycles. The van der Waals surface area contributed by atoms with E-state index < -0.39 is 5.54 Å². The molecule has 1 unspecified atom stereocenters. The highest BCUT2D eigenvalue weighted by Crippen LogP contribution is 2.37. The van der Waals surface area contributed by atoms with Crippen molar-refractivity contribution >= 4 is 34.8 Å². The maximum absolute atomic E-state index is 13.4. The number of hydrogen-bond donors (Lipinski definition) is 2. The Morgan fingerprint density at radius 2 is 1.71 bits per heavy atom. The number of nitrogens with one attached hydrogen (secondary N) is 2. The van der Waals surface area contributed by atoms with Crippen molar-refractivity contribution in [1.29, 1.82) is 0 Å². The van der Waals surface area contributed by atoms with Crippen molar-refractivity contribution in [3.8, 4) is 5.75 Å². The molecule has 1 aliphatic heterocycles. The van der Waals surface area contributed by atoms with Crippen LogP contribution in [0.4, 0.5) is 5.69 Å². The van der Waals surface area contributed by atoms with Crippen molar-refractivity contribution in [3.05, 3.63) is 95.6 Å². The van der Waals surface area contributed by atoms with Crippen LogP contribution in [0.5, 0.6) is 5.75 Å². The number of nitrogens with zero attached hydrogens (tertiary/aromatic N) is 1. The van der Waals surface area contributed by atoms with Crippen LogP contribution in [0.1, 0.15) is 23.1 Å². The number of amides is 2. The number of benzene rings is 3. The van der Waals surface area contributed by atoms with Crippen molar-refractivity contribution in [2.75, 3.05) is 19.0 Å². The molecule has 34 heavy (non-hydrogen) atoms. The fourth-order valence-corrected chi connectivity index (χ4v) is 4.59. The predicted octanol–water partition coefficient (Wildman–Crippen LogP) is 4.19. The number of ether oxygens (including phenoxy) is 1. The van der Waals surface area contributed by atoms with E-state index in [0.29, 0.717) is 29.5 Å². The Bertz CT molecular complexity index is 1180. The lowest BCUT2D eigenvalue weighted by Gasteiger charge is -2.36. The predicted molar refractivity (Wildman–Crippen MR) is 137 cm³/mol. The van der Waals surface area contributed by atoms with Gasteiger partial charge in [-0.25, -0.2) is 0 Å². The van der Waals surface area contributed by atoms with Gasteiger partial charge >= 0.3 is 0 Å². The summed E-state index contributed by atoms with van der Waals surface area (Å²) >= 11 is 5.57. The lowest BCUT2D eigenvalue weighted by molar-refractivity contribution is -0.131. The lowest BCUT2D eigenvalue weighted by Crippen LogP contribution is -2.50. The van der Waals surface area contributed by atoms with E-state index in [0.717, 1.165) is 16.7 Å². The zero-order chi connectivity index (χ0) is 24.1. The Kier molecular flexibility index (Phi) is 6.93. The fraction of sp³-hybridized carbons (Fsp3) is 0.222. The fourth-order valence-electron chi connectivity index (χ4n) is 4.25. The molecule has 0 aromatic heterocycles. The number of methoxy groups -OCH3 is 1. The largest absolute Gasteiger partial charge is 0.497 e. The van der Waals surface area contributed by atoms with Gasteiger partial charge in [0.25, 0.3) is 5.91 Å². The van der Waals surface area contributed by atoms with Crippen LogP contribution in [0.2, 0.25) is 0 Å². The number of thiocarbonyl (C=S) groups is 1. The second kappa shape index (κ2) is 10.1. The molecule has 174 valence electrons. The molecule has 2 N–H and O–H groups in total. The molecule has 0 spiro atoms. The summed E-state index contributed by atoms with van der Waals surface area (Å²) in [6.45, 7) is 2.48. The molecule has 7 heteroatoms. The molecular weight excluding hydrogens is 446 g/mol. The summed E-state index contributed by atoms with van der Waals surface area (Å²) in [7, 11) is 1.59. The van der Waals surface area contributed by atoms with E-state index in [1.807, 2.05) is 66.4 Å². The number of aryl methyl sites for hydroxylation is 1. The first-order chi connectivity index (χ1) is 16.4. The minimum Gasteiger partial charge on any atom is -0.497 e. The summed E-state index contributed by atoms with van der Waals surface area (Å²) in [5.41, 5.74) is 2.31. The highest BCUT2D eigenvalue weighted by molar-refractivity contribution is 7.80. The zero-order valence-electron chi connectivity index (χ0n) is 19.2. The monoisotopic (exact) mass is 473 g/mol. The van der Waals surface area contributed by atoms with Crippen LogP contribution < -0.4 is 15.4 Å². The van der Waals surface area contributed by atoms with Gasteiger partial charge in [-0.1, -0.05) is 60.2 Å². The third kappa shape index (κ3) is 4.79. The third-order valence-electron chi connectivity index (χ3n) is 6.09. The molecule has 0 radical (unpaired) electrons. The molecular formula is C27H27N3O3S. The van der Waals surface area contributed by atoms with Gasteiger partial charge in [-0.05, 0) is 61.0 Å². The van der Waals surface area contributed by atoms with Gasteiger partial charge in [0, 0.05) is 12.2 Å². The van der Waals surface area contributed by atoms with Gasteiger partial charge in [-0.2, -0.15) is 0 Å². The van der Waals surface area contributed by atoms with Crippen LogP contribution in [0.15, 0.2) is 78.9 Å². The molecule has 1 atom stereocenters. The van der Waals surface area contributed by atoms with Gasteiger partial charge in [-0.3, -0.25) is 9.59 Å². The smallest absolute Gasteiger partial charge is 0.257 e. The summed E-state index contributed by atoms with van der Waals surface area (Å²) in [4.78, 5) is 28.6. The van der Waals surface area contributed by atoms with Crippen LogP contribution in [0, 0.1) is 6.92 Å². The van der Waals surface area contributed by atoms with Crippen molar-refractivity contribution in [3.63, 3.8) is 0 Å². The second-order valence-corrected chi connectivity index (χ2v) is 8.71. The quantitative estimate of drug-likeness (QED) is 0.480. The average Bonchev–Trinajstić information content (AvgIpc) is 3.08. The first kappa shape index (κ1) is 23.4. The minimum absolute atomic E-state index is 0.0805.